The first kappa shape index (κ1) is 11.5. The van der Waals surface area contributed by atoms with Crippen LogP contribution in [0.1, 0.15) is 5.56 Å². The van der Waals surface area contributed by atoms with Crippen molar-refractivity contribution in [2.45, 2.75) is 6.42 Å². The lowest BCUT2D eigenvalue weighted by Crippen LogP contribution is -2.20. The molecule has 6 nitrogen and oxygen atoms in total. The molecule has 1 aromatic carbocycles. The fourth-order valence-electron chi connectivity index (χ4n) is 1.08. The van der Waals surface area contributed by atoms with Crippen molar-refractivity contribution in [3.05, 3.63) is 39.9 Å². The predicted molar refractivity (Wildman–Crippen MR) is 52.8 cm³/mol. The van der Waals surface area contributed by atoms with E-state index in [1.165, 1.54) is 12.1 Å². The van der Waals surface area contributed by atoms with Crippen LogP contribution in [0.5, 0.6) is 5.75 Å². The zero-order valence-corrected chi connectivity index (χ0v) is 7.87. The molecule has 0 aromatic heterocycles. The Morgan fingerprint density at radius 2 is 1.93 bits per heavy atom. The topological polar surface area (TPSA) is 92.8 Å². The highest BCUT2D eigenvalue weighted by atomic mass is 16.6. The highest BCUT2D eigenvalue weighted by molar-refractivity contribution is 6.33. The molecule has 1 aromatic rings. The first-order chi connectivity index (χ1) is 7.08. The van der Waals surface area contributed by atoms with Gasteiger partial charge in [-0.2, -0.15) is 0 Å². The van der Waals surface area contributed by atoms with Crippen LogP contribution in [0.15, 0.2) is 24.3 Å². The number of benzene rings is 1. The minimum Gasteiger partial charge on any atom is -0.512 e. The van der Waals surface area contributed by atoms with Gasteiger partial charge in [-0.05, 0) is 17.7 Å². The van der Waals surface area contributed by atoms with Crippen LogP contribution in [-0.4, -0.2) is 28.8 Å². The quantitative estimate of drug-likeness (QED) is 0.401. The molecule has 0 atom stereocenters. The van der Waals surface area contributed by atoms with Crippen LogP contribution < -0.4 is 4.65 Å². The highest BCUT2D eigenvalue weighted by Crippen LogP contribution is 2.12. The molecule has 2 N–H and O–H groups in total. The highest BCUT2D eigenvalue weighted by Gasteiger charge is 2.10. The molecule has 0 bridgehead atoms. The Morgan fingerprint density at radius 3 is 2.40 bits per heavy atom. The maximum absolute atomic E-state index is 10.1. The molecule has 0 fully saturated rings. The fraction of sp³-hybridized carbons (Fsp3) is 0.250. The third-order valence-corrected chi connectivity index (χ3v) is 1.75. The monoisotopic (exact) mass is 211 g/mol. The van der Waals surface area contributed by atoms with E-state index in [0.717, 1.165) is 5.56 Å². The molecular formula is C8H10BNO5. The molecule has 0 unspecified atom stereocenters. The second-order valence-corrected chi connectivity index (χ2v) is 2.89. The second-order valence-electron chi connectivity index (χ2n) is 2.89. The lowest BCUT2D eigenvalue weighted by Gasteiger charge is -2.04. The van der Waals surface area contributed by atoms with E-state index in [-0.39, 0.29) is 11.5 Å². The Balaban J connectivity index is 2.52. The summed E-state index contributed by atoms with van der Waals surface area (Å²) >= 11 is 0. The minimum atomic E-state index is -1.85. The summed E-state index contributed by atoms with van der Waals surface area (Å²) in [6.07, 6.45) is 0.342. The van der Waals surface area contributed by atoms with Gasteiger partial charge in [0.05, 0.1) is 0 Å². The Bertz CT molecular complexity index is 326. The standard InChI is InChI=1S/C8H10BNO5/c11-9(12)15-8-3-1-7(2-4-8)5-6-10(13)14/h1-4,11-12H,5-6H2. The van der Waals surface area contributed by atoms with E-state index in [9.17, 15) is 10.1 Å². The van der Waals surface area contributed by atoms with Gasteiger partial charge in [0.1, 0.15) is 5.75 Å². The van der Waals surface area contributed by atoms with Crippen molar-refractivity contribution in [3.63, 3.8) is 0 Å². The van der Waals surface area contributed by atoms with Crippen LogP contribution >= 0.6 is 0 Å². The predicted octanol–water partition coefficient (Wildman–Crippen LogP) is -0.146. The Morgan fingerprint density at radius 1 is 1.33 bits per heavy atom. The summed E-state index contributed by atoms with van der Waals surface area (Å²) in [5.41, 5.74) is 0.798. The lowest BCUT2D eigenvalue weighted by molar-refractivity contribution is -0.479. The third kappa shape index (κ3) is 4.43. The fourth-order valence-corrected chi connectivity index (χ4v) is 1.08. The minimum absolute atomic E-state index is 0.122. The molecule has 15 heavy (non-hydrogen) atoms. The molecule has 0 heterocycles. The molecule has 0 spiro atoms. The molecular weight excluding hydrogens is 201 g/mol. The van der Waals surface area contributed by atoms with E-state index in [1.54, 1.807) is 12.1 Å². The summed E-state index contributed by atoms with van der Waals surface area (Å²) in [6, 6.07) is 6.33. The normalized spacial score (nSPS) is 9.73. The number of hydrogen-bond donors (Lipinski definition) is 2. The van der Waals surface area contributed by atoms with Crippen LogP contribution in [0.25, 0.3) is 0 Å². The molecule has 1 rings (SSSR count). The van der Waals surface area contributed by atoms with Crippen LogP contribution in [0.3, 0.4) is 0 Å². The van der Waals surface area contributed by atoms with Crippen molar-refractivity contribution in [1.29, 1.82) is 0 Å². The first-order valence-electron chi connectivity index (χ1n) is 4.31. The maximum Gasteiger partial charge on any atom is 0.707 e. The molecule has 0 aliphatic heterocycles. The van der Waals surface area contributed by atoms with Crippen molar-refractivity contribution in [2.75, 3.05) is 6.54 Å². The van der Waals surface area contributed by atoms with Gasteiger partial charge in [-0.25, -0.2) is 0 Å². The summed E-state index contributed by atoms with van der Waals surface area (Å²) < 4.78 is 4.57. The average Bonchev–Trinajstić information content (AvgIpc) is 2.16. The molecule has 80 valence electrons. The van der Waals surface area contributed by atoms with E-state index in [1.807, 2.05) is 0 Å². The summed E-state index contributed by atoms with van der Waals surface area (Å²) in [7, 11) is -1.85. The van der Waals surface area contributed by atoms with Crippen LogP contribution in [-0.2, 0) is 6.42 Å². The van der Waals surface area contributed by atoms with Crippen LogP contribution in [0.2, 0.25) is 0 Å². The van der Waals surface area contributed by atoms with Crippen molar-refractivity contribution in [2.24, 2.45) is 0 Å². The van der Waals surface area contributed by atoms with E-state index < -0.39 is 7.32 Å². The van der Waals surface area contributed by atoms with Gasteiger partial charge in [-0.1, -0.05) is 12.1 Å². The first-order valence-corrected chi connectivity index (χ1v) is 4.31. The second kappa shape index (κ2) is 5.33. The van der Waals surface area contributed by atoms with Gasteiger partial charge in [0.2, 0.25) is 6.54 Å². The Labute approximate surface area is 86.4 Å². The third-order valence-electron chi connectivity index (χ3n) is 1.75. The van der Waals surface area contributed by atoms with Gasteiger partial charge < -0.3 is 14.7 Å². The Hall–Kier alpha value is -1.60. The summed E-state index contributed by atoms with van der Waals surface area (Å²) in [4.78, 5) is 9.71. The molecule has 0 saturated heterocycles. The molecule has 0 radical (unpaired) electrons. The van der Waals surface area contributed by atoms with E-state index in [4.69, 9.17) is 10.0 Å². The zero-order valence-electron chi connectivity index (χ0n) is 7.87. The molecule has 0 amide bonds. The van der Waals surface area contributed by atoms with Crippen LogP contribution in [0, 0.1) is 10.1 Å². The van der Waals surface area contributed by atoms with Gasteiger partial charge in [-0.15, -0.1) is 0 Å². The molecule has 0 saturated carbocycles. The van der Waals surface area contributed by atoms with E-state index >= 15 is 0 Å². The van der Waals surface area contributed by atoms with Gasteiger partial charge >= 0.3 is 7.32 Å². The van der Waals surface area contributed by atoms with Gasteiger partial charge in [0.25, 0.3) is 0 Å². The largest absolute Gasteiger partial charge is 0.707 e. The van der Waals surface area contributed by atoms with E-state index in [0.29, 0.717) is 12.2 Å². The lowest BCUT2D eigenvalue weighted by atomic mass is 10.1. The van der Waals surface area contributed by atoms with Gasteiger partial charge in [0.15, 0.2) is 0 Å². The van der Waals surface area contributed by atoms with Gasteiger partial charge in [0, 0.05) is 11.3 Å². The molecule has 7 heteroatoms. The summed E-state index contributed by atoms with van der Waals surface area (Å²) in [5, 5.41) is 27.1. The number of nitrogens with zero attached hydrogens (tertiary/aromatic N) is 1. The van der Waals surface area contributed by atoms with Crippen molar-refractivity contribution in [1.82, 2.24) is 0 Å². The smallest absolute Gasteiger partial charge is 0.512 e. The van der Waals surface area contributed by atoms with Crippen molar-refractivity contribution >= 4 is 7.32 Å². The number of rotatable bonds is 5. The number of nitro groups is 1. The van der Waals surface area contributed by atoms with Crippen molar-refractivity contribution in [3.8, 4) is 5.75 Å². The SMILES string of the molecule is O=[N+]([O-])CCc1ccc(OB(O)O)cc1. The number of hydrogen-bond acceptors (Lipinski definition) is 5. The molecule has 0 aliphatic carbocycles. The summed E-state index contributed by atoms with van der Waals surface area (Å²) in [5.74, 6) is 0.301. The van der Waals surface area contributed by atoms with E-state index in [2.05, 4.69) is 4.65 Å². The zero-order chi connectivity index (χ0) is 11.3. The van der Waals surface area contributed by atoms with Crippen LogP contribution in [0.4, 0.5) is 0 Å². The van der Waals surface area contributed by atoms with Crippen molar-refractivity contribution < 1.29 is 19.6 Å². The van der Waals surface area contributed by atoms with Gasteiger partial charge in [-0.3, -0.25) is 10.1 Å². The average molecular weight is 211 g/mol. The summed E-state index contributed by atoms with van der Waals surface area (Å²) in [6.45, 7) is -0.122. The maximum atomic E-state index is 10.1. The molecule has 0 aliphatic rings. The Kier molecular flexibility index (Phi) is 4.08.